The molecule has 0 saturated carbocycles. The Labute approximate surface area is 139 Å². The van der Waals surface area contributed by atoms with Crippen molar-refractivity contribution in [1.82, 2.24) is 15.1 Å². The first kappa shape index (κ1) is 15.0. The van der Waals surface area contributed by atoms with E-state index in [1.165, 1.54) is 6.26 Å². The summed E-state index contributed by atoms with van der Waals surface area (Å²) in [5.41, 5.74) is 1.84. The lowest BCUT2D eigenvalue weighted by Gasteiger charge is -2.38. The lowest BCUT2D eigenvalue weighted by atomic mass is 9.99. The van der Waals surface area contributed by atoms with Gasteiger partial charge in [-0.25, -0.2) is 0 Å². The zero-order valence-electron chi connectivity index (χ0n) is 13.4. The number of amides is 2. The maximum absolute atomic E-state index is 13.2. The number of nitrogens with zero attached hydrogens (tertiary/aromatic N) is 3. The summed E-state index contributed by atoms with van der Waals surface area (Å²) in [6.07, 6.45) is 7.54. The van der Waals surface area contributed by atoms with E-state index >= 15 is 0 Å². The number of nitrogens with one attached hydrogen (secondary N) is 1. The van der Waals surface area contributed by atoms with Crippen molar-refractivity contribution in [3.63, 3.8) is 0 Å². The molecule has 24 heavy (non-hydrogen) atoms. The van der Waals surface area contributed by atoms with E-state index in [4.69, 9.17) is 4.42 Å². The highest BCUT2D eigenvalue weighted by molar-refractivity contribution is 6.02. The van der Waals surface area contributed by atoms with Crippen LogP contribution < -0.4 is 4.90 Å². The van der Waals surface area contributed by atoms with E-state index in [1.54, 1.807) is 28.1 Å². The predicted molar refractivity (Wildman–Crippen MR) is 86.6 cm³/mol. The minimum atomic E-state index is -0.433. The smallest absolute Gasteiger partial charge is 0.290 e. The van der Waals surface area contributed by atoms with Crippen molar-refractivity contribution < 1.29 is 14.0 Å². The van der Waals surface area contributed by atoms with Crippen LogP contribution in [0.1, 0.15) is 41.9 Å². The van der Waals surface area contributed by atoms with Crippen LogP contribution in [0.25, 0.3) is 0 Å². The third-order valence-corrected chi connectivity index (χ3v) is 4.84. The number of piperidine rings is 1. The van der Waals surface area contributed by atoms with Crippen LogP contribution in [0.15, 0.2) is 29.0 Å². The molecule has 4 rings (SSSR count). The summed E-state index contributed by atoms with van der Waals surface area (Å²) in [5.74, 6) is 0.0665. The first-order chi connectivity index (χ1) is 11.8. The van der Waals surface area contributed by atoms with E-state index in [0.717, 1.165) is 37.1 Å². The van der Waals surface area contributed by atoms with Gasteiger partial charge in [0.25, 0.3) is 5.91 Å². The van der Waals surface area contributed by atoms with Crippen LogP contribution in [0, 0.1) is 0 Å². The number of anilines is 1. The molecule has 4 heterocycles. The Morgan fingerprint density at radius 1 is 1.25 bits per heavy atom. The summed E-state index contributed by atoms with van der Waals surface area (Å²) in [6, 6.07) is 2.90. The Hall–Kier alpha value is -2.57. The van der Waals surface area contributed by atoms with Crippen molar-refractivity contribution in [3.05, 3.63) is 36.0 Å². The van der Waals surface area contributed by atoms with Crippen molar-refractivity contribution >= 4 is 17.5 Å². The van der Waals surface area contributed by atoms with E-state index in [0.29, 0.717) is 19.5 Å². The standard InChI is InChI=1S/C17H20N4O3/c22-16(21-9-3-5-12-14(21)11-18-19-12)13-6-1-2-8-20(13)17(23)15-7-4-10-24-15/h4,7,10-11,13H,1-3,5-6,8-9H2,(H,18,19). The molecule has 2 aromatic rings. The molecule has 2 aliphatic heterocycles. The SMILES string of the molecule is O=C(C1CCCCN1C(=O)c1ccco1)N1CCCc2[nH]ncc21. The predicted octanol–water partition coefficient (Wildman–Crippen LogP) is 1.98. The van der Waals surface area contributed by atoms with Gasteiger partial charge in [-0.1, -0.05) is 0 Å². The molecule has 2 aromatic heterocycles. The fourth-order valence-electron chi connectivity index (χ4n) is 3.64. The number of furan rings is 1. The average Bonchev–Trinajstić information content (AvgIpc) is 3.31. The second kappa shape index (κ2) is 6.14. The number of carbonyl (C=O) groups excluding carboxylic acids is 2. The van der Waals surface area contributed by atoms with Crippen molar-refractivity contribution in [1.29, 1.82) is 0 Å². The number of aromatic amines is 1. The first-order valence-electron chi connectivity index (χ1n) is 8.44. The van der Waals surface area contributed by atoms with E-state index in [2.05, 4.69) is 10.2 Å². The van der Waals surface area contributed by atoms with Gasteiger partial charge in [0.05, 0.1) is 23.8 Å². The van der Waals surface area contributed by atoms with Gasteiger partial charge in [-0.15, -0.1) is 0 Å². The molecule has 1 unspecified atom stereocenters. The highest BCUT2D eigenvalue weighted by Gasteiger charge is 2.37. The topological polar surface area (TPSA) is 82.4 Å². The molecule has 1 fully saturated rings. The molecular weight excluding hydrogens is 308 g/mol. The zero-order valence-corrected chi connectivity index (χ0v) is 13.4. The van der Waals surface area contributed by atoms with Crippen LogP contribution in [0.3, 0.4) is 0 Å². The summed E-state index contributed by atoms with van der Waals surface area (Å²) >= 11 is 0. The van der Waals surface area contributed by atoms with Gasteiger partial charge in [0.15, 0.2) is 5.76 Å². The Bertz CT molecular complexity index is 737. The summed E-state index contributed by atoms with van der Waals surface area (Å²) in [4.78, 5) is 29.3. The van der Waals surface area contributed by atoms with Crippen LogP contribution >= 0.6 is 0 Å². The van der Waals surface area contributed by atoms with Gasteiger partial charge < -0.3 is 14.2 Å². The van der Waals surface area contributed by atoms with Crippen LogP contribution in [-0.4, -0.2) is 46.0 Å². The molecule has 2 aliphatic rings. The second-order valence-electron chi connectivity index (χ2n) is 6.31. The third kappa shape index (κ3) is 2.50. The molecule has 0 spiro atoms. The normalized spacial score (nSPS) is 20.8. The van der Waals surface area contributed by atoms with Gasteiger partial charge in [-0.2, -0.15) is 5.10 Å². The maximum Gasteiger partial charge on any atom is 0.290 e. The summed E-state index contributed by atoms with van der Waals surface area (Å²) in [5, 5.41) is 7.02. The van der Waals surface area contributed by atoms with Gasteiger partial charge in [0.1, 0.15) is 6.04 Å². The molecule has 7 nitrogen and oxygen atoms in total. The molecule has 1 N–H and O–H groups in total. The lowest BCUT2D eigenvalue weighted by molar-refractivity contribution is -0.124. The average molecular weight is 328 g/mol. The van der Waals surface area contributed by atoms with Crippen molar-refractivity contribution in [2.24, 2.45) is 0 Å². The molecule has 126 valence electrons. The van der Waals surface area contributed by atoms with E-state index in [-0.39, 0.29) is 17.6 Å². The monoisotopic (exact) mass is 328 g/mol. The van der Waals surface area contributed by atoms with Gasteiger partial charge in [0.2, 0.25) is 5.91 Å². The van der Waals surface area contributed by atoms with Crippen molar-refractivity contribution in [3.8, 4) is 0 Å². The largest absolute Gasteiger partial charge is 0.459 e. The minimum Gasteiger partial charge on any atom is -0.459 e. The van der Waals surface area contributed by atoms with E-state index in [9.17, 15) is 9.59 Å². The van der Waals surface area contributed by atoms with E-state index < -0.39 is 6.04 Å². The zero-order chi connectivity index (χ0) is 16.5. The quantitative estimate of drug-likeness (QED) is 0.914. The number of rotatable bonds is 2. The number of H-pyrrole nitrogens is 1. The summed E-state index contributed by atoms with van der Waals surface area (Å²) in [6.45, 7) is 1.26. The highest BCUT2D eigenvalue weighted by atomic mass is 16.3. The number of hydrogen-bond donors (Lipinski definition) is 1. The Morgan fingerprint density at radius 2 is 2.17 bits per heavy atom. The van der Waals surface area contributed by atoms with Gasteiger partial charge in [-0.3, -0.25) is 14.7 Å². The number of fused-ring (bicyclic) bond motifs is 1. The number of aromatic nitrogens is 2. The molecule has 0 radical (unpaired) electrons. The molecule has 2 amide bonds. The van der Waals surface area contributed by atoms with Gasteiger partial charge in [0, 0.05) is 13.1 Å². The Kier molecular flexibility index (Phi) is 3.84. The first-order valence-corrected chi connectivity index (χ1v) is 8.44. The third-order valence-electron chi connectivity index (χ3n) is 4.84. The summed E-state index contributed by atoms with van der Waals surface area (Å²) in [7, 11) is 0. The molecule has 1 saturated heterocycles. The van der Waals surface area contributed by atoms with Gasteiger partial charge >= 0.3 is 0 Å². The van der Waals surface area contributed by atoms with Crippen molar-refractivity contribution in [2.75, 3.05) is 18.0 Å². The number of hydrogen-bond acceptors (Lipinski definition) is 4. The molecular formula is C17H20N4O3. The fourth-order valence-corrected chi connectivity index (χ4v) is 3.64. The molecule has 0 aromatic carbocycles. The number of likely N-dealkylation sites (tertiary alicyclic amines) is 1. The maximum atomic E-state index is 13.2. The van der Waals surface area contributed by atoms with Crippen molar-refractivity contribution in [2.45, 2.75) is 38.1 Å². The van der Waals surface area contributed by atoms with E-state index in [1.807, 2.05) is 0 Å². The number of carbonyl (C=O) groups is 2. The minimum absolute atomic E-state index is 0.0167. The second-order valence-corrected chi connectivity index (χ2v) is 6.31. The Balaban J connectivity index is 1.59. The molecule has 7 heteroatoms. The fraction of sp³-hybridized carbons (Fsp3) is 0.471. The van der Waals surface area contributed by atoms with Crippen LogP contribution in [0.4, 0.5) is 5.69 Å². The number of aryl methyl sites for hydroxylation is 1. The summed E-state index contributed by atoms with van der Waals surface area (Å²) < 4.78 is 5.23. The molecule has 0 bridgehead atoms. The Morgan fingerprint density at radius 3 is 3.00 bits per heavy atom. The molecule has 0 aliphatic carbocycles. The molecule has 1 atom stereocenters. The van der Waals surface area contributed by atoms with Gasteiger partial charge in [-0.05, 0) is 44.2 Å². The highest BCUT2D eigenvalue weighted by Crippen LogP contribution is 2.28. The lowest BCUT2D eigenvalue weighted by Crippen LogP contribution is -2.54. The van der Waals surface area contributed by atoms with Crippen LogP contribution in [0.5, 0.6) is 0 Å². The van der Waals surface area contributed by atoms with Crippen LogP contribution in [0.2, 0.25) is 0 Å². The van der Waals surface area contributed by atoms with Crippen LogP contribution in [-0.2, 0) is 11.2 Å².